The predicted molar refractivity (Wildman–Crippen MR) is 63.9 cm³/mol. The molecule has 0 aliphatic heterocycles. The van der Waals surface area contributed by atoms with Crippen LogP contribution >= 0.6 is 0 Å². The summed E-state index contributed by atoms with van der Waals surface area (Å²) in [5.74, 6) is 1.52. The summed E-state index contributed by atoms with van der Waals surface area (Å²) in [5.41, 5.74) is 0.866. The van der Waals surface area contributed by atoms with Gasteiger partial charge in [-0.2, -0.15) is 0 Å². The first kappa shape index (κ1) is 12.3. The lowest BCUT2D eigenvalue weighted by Crippen LogP contribution is -1.91. The largest absolute Gasteiger partial charge is 0.497 e. The Bertz CT molecular complexity index is 394. The van der Waals surface area contributed by atoms with E-state index in [2.05, 4.69) is 0 Å². The smallest absolute Gasteiger partial charge is 0.155 e. The van der Waals surface area contributed by atoms with E-state index >= 15 is 0 Å². The second-order valence-corrected chi connectivity index (χ2v) is 3.26. The van der Waals surface area contributed by atoms with E-state index in [1.54, 1.807) is 32.4 Å². The number of ether oxygens (including phenoxy) is 2. The standard InChI is InChI=1S/C13H16O3/c1-4-11(14)7-5-10-6-8-12(15-2)9-13(10)16-3/h5-9H,4H2,1-3H3/b7-5+. The van der Waals surface area contributed by atoms with Crippen molar-refractivity contribution in [2.45, 2.75) is 13.3 Å². The van der Waals surface area contributed by atoms with Crippen LogP contribution in [0.15, 0.2) is 24.3 Å². The third-order valence-electron chi connectivity index (χ3n) is 2.24. The zero-order valence-electron chi connectivity index (χ0n) is 9.82. The van der Waals surface area contributed by atoms with Gasteiger partial charge in [-0.05, 0) is 24.3 Å². The molecule has 1 aromatic carbocycles. The number of hydrogen-bond donors (Lipinski definition) is 0. The first-order chi connectivity index (χ1) is 7.71. The number of carbonyl (C=O) groups is 1. The highest BCUT2D eigenvalue weighted by molar-refractivity contribution is 5.93. The van der Waals surface area contributed by atoms with Gasteiger partial charge in [0.05, 0.1) is 14.2 Å². The minimum atomic E-state index is 0.0953. The molecular weight excluding hydrogens is 204 g/mol. The number of methoxy groups -OCH3 is 2. The fourth-order valence-electron chi connectivity index (χ4n) is 1.26. The molecule has 0 fully saturated rings. The Hall–Kier alpha value is -1.77. The number of carbonyl (C=O) groups excluding carboxylic acids is 1. The minimum Gasteiger partial charge on any atom is -0.497 e. The van der Waals surface area contributed by atoms with Gasteiger partial charge < -0.3 is 9.47 Å². The molecule has 0 spiro atoms. The molecule has 0 aliphatic rings. The van der Waals surface area contributed by atoms with Crippen molar-refractivity contribution in [2.24, 2.45) is 0 Å². The van der Waals surface area contributed by atoms with E-state index in [1.807, 2.05) is 19.1 Å². The summed E-state index contributed by atoms with van der Waals surface area (Å²) in [6.45, 7) is 1.83. The molecule has 1 rings (SSSR count). The van der Waals surface area contributed by atoms with Crippen LogP contribution in [-0.4, -0.2) is 20.0 Å². The molecule has 3 nitrogen and oxygen atoms in total. The summed E-state index contributed by atoms with van der Waals surface area (Å²) in [4.78, 5) is 11.2. The summed E-state index contributed by atoms with van der Waals surface area (Å²) in [5, 5.41) is 0. The lowest BCUT2D eigenvalue weighted by atomic mass is 10.1. The zero-order chi connectivity index (χ0) is 12.0. The van der Waals surface area contributed by atoms with Crippen LogP contribution in [-0.2, 0) is 4.79 Å². The summed E-state index contributed by atoms with van der Waals surface area (Å²) < 4.78 is 10.3. The lowest BCUT2D eigenvalue weighted by Gasteiger charge is -2.06. The predicted octanol–water partition coefficient (Wildman–Crippen LogP) is 2.70. The third kappa shape index (κ3) is 3.12. The normalized spacial score (nSPS) is 10.4. The van der Waals surface area contributed by atoms with Gasteiger partial charge in [-0.1, -0.05) is 6.92 Å². The van der Waals surface area contributed by atoms with Crippen LogP contribution in [0.25, 0.3) is 6.08 Å². The average Bonchev–Trinajstić information content (AvgIpc) is 2.35. The Morgan fingerprint density at radius 3 is 2.62 bits per heavy atom. The van der Waals surface area contributed by atoms with Gasteiger partial charge in [0.25, 0.3) is 0 Å². The quantitative estimate of drug-likeness (QED) is 0.716. The molecule has 0 saturated carbocycles. The monoisotopic (exact) mass is 220 g/mol. The molecule has 0 atom stereocenters. The second-order valence-electron chi connectivity index (χ2n) is 3.26. The fourth-order valence-corrected chi connectivity index (χ4v) is 1.26. The molecule has 0 N–H and O–H groups in total. The molecule has 1 aromatic rings. The summed E-state index contributed by atoms with van der Waals surface area (Å²) in [7, 11) is 3.19. The van der Waals surface area contributed by atoms with Crippen molar-refractivity contribution in [3.05, 3.63) is 29.8 Å². The molecule has 16 heavy (non-hydrogen) atoms. The van der Waals surface area contributed by atoms with E-state index in [-0.39, 0.29) is 5.78 Å². The Balaban J connectivity index is 2.95. The first-order valence-corrected chi connectivity index (χ1v) is 5.14. The maximum atomic E-state index is 11.2. The van der Waals surface area contributed by atoms with E-state index < -0.39 is 0 Å². The maximum Gasteiger partial charge on any atom is 0.155 e. The molecule has 0 radical (unpaired) electrons. The van der Waals surface area contributed by atoms with Gasteiger partial charge in [-0.15, -0.1) is 0 Å². The number of hydrogen-bond acceptors (Lipinski definition) is 3. The third-order valence-corrected chi connectivity index (χ3v) is 2.24. The van der Waals surface area contributed by atoms with Crippen molar-refractivity contribution < 1.29 is 14.3 Å². The van der Waals surface area contributed by atoms with Crippen LogP contribution in [0.3, 0.4) is 0 Å². The zero-order valence-corrected chi connectivity index (χ0v) is 9.82. The van der Waals surface area contributed by atoms with Crippen LogP contribution in [0.2, 0.25) is 0 Å². The molecule has 0 aromatic heterocycles. The van der Waals surface area contributed by atoms with Crippen molar-refractivity contribution in [1.29, 1.82) is 0 Å². The Kier molecular flexibility index (Phi) is 4.58. The number of rotatable bonds is 5. The van der Waals surface area contributed by atoms with Gasteiger partial charge in [0.15, 0.2) is 5.78 Å². The van der Waals surface area contributed by atoms with Crippen LogP contribution in [0.5, 0.6) is 11.5 Å². The van der Waals surface area contributed by atoms with Crippen molar-refractivity contribution >= 4 is 11.9 Å². The highest BCUT2D eigenvalue weighted by Gasteiger charge is 2.02. The minimum absolute atomic E-state index is 0.0953. The van der Waals surface area contributed by atoms with Gasteiger partial charge in [0, 0.05) is 18.1 Å². The lowest BCUT2D eigenvalue weighted by molar-refractivity contribution is -0.114. The summed E-state index contributed by atoms with van der Waals surface area (Å²) >= 11 is 0. The van der Waals surface area contributed by atoms with E-state index in [1.165, 1.54) is 0 Å². The van der Waals surface area contributed by atoms with Crippen LogP contribution in [0.1, 0.15) is 18.9 Å². The molecule has 0 unspecified atom stereocenters. The highest BCUT2D eigenvalue weighted by Crippen LogP contribution is 2.25. The average molecular weight is 220 g/mol. The molecular formula is C13H16O3. The van der Waals surface area contributed by atoms with E-state index in [4.69, 9.17) is 9.47 Å². The van der Waals surface area contributed by atoms with Crippen LogP contribution in [0, 0.1) is 0 Å². The highest BCUT2D eigenvalue weighted by atomic mass is 16.5. The Morgan fingerprint density at radius 2 is 2.06 bits per heavy atom. The van der Waals surface area contributed by atoms with Gasteiger partial charge in [-0.3, -0.25) is 4.79 Å². The first-order valence-electron chi connectivity index (χ1n) is 5.14. The van der Waals surface area contributed by atoms with Crippen molar-refractivity contribution in [2.75, 3.05) is 14.2 Å². The molecule has 0 saturated heterocycles. The Morgan fingerprint density at radius 1 is 1.31 bits per heavy atom. The molecule has 0 bridgehead atoms. The molecule has 0 amide bonds. The molecule has 0 heterocycles. The fraction of sp³-hybridized carbons (Fsp3) is 0.308. The van der Waals surface area contributed by atoms with Gasteiger partial charge in [-0.25, -0.2) is 0 Å². The molecule has 3 heteroatoms. The second kappa shape index (κ2) is 5.95. The van der Waals surface area contributed by atoms with E-state index in [0.717, 1.165) is 11.3 Å². The van der Waals surface area contributed by atoms with Gasteiger partial charge >= 0.3 is 0 Å². The van der Waals surface area contributed by atoms with Gasteiger partial charge in [0.1, 0.15) is 11.5 Å². The summed E-state index contributed by atoms with van der Waals surface area (Å²) in [6, 6.07) is 5.48. The van der Waals surface area contributed by atoms with Crippen molar-refractivity contribution in [1.82, 2.24) is 0 Å². The number of benzene rings is 1. The topological polar surface area (TPSA) is 35.5 Å². The Labute approximate surface area is 95.7 Å². The number of allylic oxidation sites excluding steroid dienone is 1. The molecule has 0 aliphatic carbocycles. The van der Waals surface area contributed by atoms with Crippen molar-refractivity contribution in [3.8, 4) is 11.5 Å². The van der Waals surface area contributed by atoms with Crippen molar-refractivity contribution in [3.63, 3.8) is 0 Å². The van der Waals surface area contributed by atoms with E-state index in [0.29, 0.717) is 12.2 Å². The van der Waals surface area contributed by atoms with Gasteiger partial charge in [0.2, 0.25) is 0 Å². The SMILES string of the molecule is CCC(=O)/C=C/c1ccc(OC)cc1OC. The molecule has 86 valence electrons. The van der Waals surface area contributed by atoms with Crippen LogP contribution in [0.4, 0.5) is 0 Å². The maximum absolute atomic E-state index is 11.2. The number of ketones is 1. The van der Waals surface area contributed by atoms with E-state index in [9.17, 15) is 4.79 Å². The summed E-state index contributed by atoms with van der Waals surface area (Å²) in [6.07, 6.45) is 3.82. The van der Waals surface area contributed by atoms with Crippen LogP contribution < -0.4 is 9.47 Å².